The van der Waals surface area contributed by atoms with Crippen molar-refractivity contribution in [1.82, 2.24) is 0 Å². The lowest BCUT2D eigenvalue weighted by Gasteiger charge is -2.05. The molecule has 3 rings (SSSR count). The number of benzene rings is 3. The molecule has 0 amide bonds. The predicted octanol–water partition coefficient (Wildman–Crippen LogP) is 5.27. The molecule has 0 fully saturated rings. The topological polar surface area (TPSA) is 17.1 Å². The van der Waals surface area contributed by atoms with Gasteiger partial charge in [0.25, 0.3) is 0 Å². The zero-order valence-electron chi connectivity index (χ0n) is 12.0. The fourth-order valence-corrected chi connectivity index (χ4v) is 2.63. The Morgan fingerprint density at radius 2 is 1.18 bits per heavy atom. The Kier molecular flexibility index (Phi) is 4.50. The molecule has 2 heteroatoms. The van der Waals surface area contributed by atoms with Crippen LogP contribution in [0.2, 0.25) is 0 Å². The van der Waals surface area contributed by atoms with Gasteiger partial charge in [0, 0.05) is 15.6 Å². The van der Waals surface area contributed by atoms with E-state index >= 15 is 0 Å². The molecular formula is C20H15BrO. The normalized spacial score (nSPS) is 10.4. The van der Waals surface area contributed by atoms with Crippen LogP contribution in [-0.2, 0) is 6.42 Å². The number of carbonyl (C=O) groups excluding carboxylic acids is 1. The van der Waals surface area contributed by atoms with E-state index in [-0.39, 0.29) is 5.78 Å². The first-order chi connectivity index (χ1) is 10.7. The summed E-state index contributed by atoms with van der Waals surface area (Å²) >= 11 is 3.44. The van der Waals surface area contributed by atoms with Gasteiger partial charge in [-0.3, -0.25) is 4.79 Å². The molecule has 0 spiro atoms. The van der Waals surface area contributed by atoms with Crippen LogP contribution in [0.5, 0.6) is 0 Å². The second-order valence-corrected chi connectivity index (χ2v) is 6.11. The first kappa shape index (κ1) is 14.7. The van der Waals surface area contributed by atoms with Crippen molar-refractivity contribution in [2.75, 3.05) is 0 Å². The van der Waals surface area contributed by atoms with E-state index in [1.807, 2.05) is 66.7 Å². The van der Waals surface area contributed by atoms with Gasteiger partial charge in [0.1, 0.15) is 0 Å². The Hall–Kier alpha value is -2.19. The van der Waals surface area contributed by atoms with Gasteiger partial charge in [-0.15, -0.1) is 0 Å². The van der Waals surface area contributed by atoms with E-state index in [0.717, 1.165) is 22.0 Å². The lowest BCUT2D eigenvalue weighted by Crippen LogP contribution is -2.01. The molecule has 0 aliphatic rings. The molecule has 0 N–H and O–H groups in total. The van der Waals surface area contributed by atoms with Gasteiger partial charge in [-0.2, -0.15) is 0 Å². The van der Waals surface area contributed by atoms with Crippen molar-refractivity contribution in [2.24, 2.45) is 0 Å². The molecule has 3 aromatic rings. The van der Waals surface area contributed by atoms with Crippen molar-refractivity contribution in [3.8, 4) is 0 Å². The Bertz CT molecular complexity index is 759. The van der Waals surface area contributed by atoms with Crippen LogP contribution in [0.25, 0.3) is 0 Å². The molecule has 22 heavy (non-hydrogen) atoms. The Morgan fingerprint density at radius 1 is 0.682 bits per heavy atom. The molecule has 0 aliphatic heterocycles. The summed E-state index contributed by atoms with van der Waals surface area (Å²) in [7, 11) is 0. The quantitative estimate of drug-likeness (QED) is 0.585. The van der Waals surface area contributed by atoms with Gasteiger partial charge in [-0.1, -0.05) is 82.7 Å². The Balaban J connectivity index is 1.75. The largest absolute Gasteiger partial charge is 0.289 e. The monoisotopic (exact) mass is 350 g/mol. The molecule has 0 saturated carbocycles. The Labute approximate surface area is 138 Å². The van der Waals surface area contributed by atoms with Crippen molar-refractivity contribution >= 4 is 21.7 Å². The molecule has 108 valence electrons. The summed E-state index contributed by atoms with van der Waals surface area (Å²) in [5.74, 6) is 0.0655. The van der Waals surface area contributed by atoms with E-state index < -0.39 is 0 Å². The highest BCUT2D eigenvalue weighted by atomic mass is 79.9. The maximum Gasteiger partial charge on any atom is 0.193 e. The average molecular weight is 351 g/mol. The van der Waals surface area contributed by atoms with E-state index in [1.54, 1.807) is 0 Å². The summed E-state index contributed by atoms with van der Waals surface area (Å²) in [5.41, 5.74) is 3.91. The summed E-state index contributed by atoms with van der Waals surface area (Å²) in [6.45, 7) is 0. The number of ketones is 1. The maximum absolute atomic E-state index is 12.3. The van der Waals surface area contributed by atoms with Crippen LogP contribution in [0.15, 0.2) is 83.3 Å². The number of rotatable bonds is 4. The summed E-state index contributed by atoms with van der Waals surface area (Å²) in [6, 6.07) is 25.5. The molecule has 0 aromatic heterocycles. The SMILES string of the molecule is O=C(c1ccccc1)c1ccc(Cc2ccc(Br)cc2)cc1. The van der Waals surface area contributed by atoms with E-state index in [9.17, 15) is 4.79 Å². The second-order valence-electron chi connectivity index (χ2n) is 5.20. The highest BCUT2D eigenvalue weighted by Crippen LogP contribution is 2.16. The number of hydrogen-bond donors (Lipinski definition) is 0. The van der Waals surface area contributed by atoms with E-state index in [4.69, 9.17) is 0 Å². The lowest BCUT2D eigenvalue weighted by atomic mass is 9.99. The molecule has 0 saturated heterocycles. The third kappa shape index (κ3) is 3.52. The van der Waals surface area contributed by atoms with Crippen molar-refractivity contribution in [2.45, 2.75) is 6.42 Å². The second kappa shape index (κ2) is 6.71. The van der Waals surface area contributed by atoms with Crippen LogP contribution in [0.3, 0.4) is 0 Å². The van der Waals surface area contributed by atoms with Gasteiger partial charge in [0.05, 0.1) is 0 Å². The molecule has 0 radical (unpaired) electrons. The molecule has 3 aromatic carbocycles. The van der Waals surface area contributed by atoms with Gasteiger partial charge >= 0.3 is 0 Å². The average Bonchev–Trinajstić information content (AvgIpc) is 2.58. The third-order valence-corrected chi connectivity index (χ3v) is 4.10. The zero-order chi connectivity index (χ0) is 15.4. The minimum atomic E-state index is 0.0655. The summed E-state index contributed by atoms with van der Waals surface area (Å²) in [5, 5.41) is 0. The third-order valence-electron chi connectivity index (χ3n) is 3.57. The first-order valence-corrected chi connectivity index (χ1v) is 7.95. The van der Waals surface area contributed by atoms with Gasteiger partial charge < -0.3 is 0 Å². The molecule has 0 unspecified atom stereocenters. The van der Waals surface area contributed by atoms with Gasteiger partial charge in [-0.05, 0) is 29.7 Å². The van der Waals surface area contributed by atoms with Crippen molar-refractivity contribution in [3.05, 3.63) is 106 Å². The van der Waals surface area contributed by atoms with E-state index in [1.165, 1.54) is 11.1 Å². The molecule has 0 atom stereocenters. The number of halogens is 1. The summed E-state index contributed by atoms with van der Waals surface area (Å²) in [4.78, 5) is 12.3. The van der Waals surface area contributed by atoms with E-state index in [0.29, 0.717) is 0 Å². The minimum Gasteiger partial charge on any atom is -0.289 e. The smallest absolute Gasteiger partial charge is 0.193 e. The summed E-state index contributed by atoms with van der Waals surface area (Å²) in [6.07, 6.45) is 0.868. The summed E-state index contributed by atoms with van der Waals surface area (Å²) < 4.78 is 1.08. The zero-order valence-corrected chi connectivity index (χ0v) is 13.6. The highest BCUT2D eigenvalue weighted by Gasteiger charge is 2.08. The minimum absolute atomic E-state index is 0.0655. The number of carbonyl (C=O) groups is 1. The maximum atomic E-state index is 12.3. The van der Waals surface area contributed by atoms with Crippen LogP contribution < -0.4 is 0 Å². The fourth-order valence-electron chi connectivity index (χ4n) is 2.37. The Morgan fingerprint density at radius 3 is 1.77 bits per heavy atom. The van der Waals surface area contributed by atoms with Crippen molar-refractivity contribution in [3.63, 3.8) is 0 Å². The first-order valence-electron chi connectivity index (χ1n) is 7.15. The molecule has 0 bridgehead atoms. The fraction of sp³-hybridized carbons (Fsp3) is 0.0500. The molecule has 0 heterocycles. The van der Waals surface area contributed by atoms with Crippen LogP contribution in [0.4, 0.5) is 0 Å². The number of hydrogen-bond acceptors (Lipinski definition) is 1. The van der Waals surface area contributed by atoms with Gasteiger partial charge in [0.2, 0.25) is 0 Å². The lowest BCUT2D eigenvalue weighted by molar-refractivity contribution is 0.103. The van der Waals surface area contributed by atoms with E-state index in [2.05, 4.69) is 28.1 Å². The molecule has 0 aliphatic carbocycles. The molecular weight excluding hydrogens is 336 g/mol. The van der Waals surface area contributed by atoms with Crippen molar-refractivity contribution in [1.29, 1.82) is 0 Å². The van der Waals surface area contributed by atoms with Crippen LogP contribution >= 0.6 is 15.9 Å². The highest BCUT2D eigenvalue weighted by molar-refractivity contribution is 9.10. The van der Waals surface area contributed by atoms with Crippen molar-refractivity contribution < 1.29 is 4.79 Å². The predicted molar refractivity (Wildman–Crippen MR) is 93.3 cm³/mol. The molecule has 1 nitrogen and oxygen atoms in total. The van der Waals surface area contributed by atoms with Crippen LogP contribution in [0, 0.1) is 0 Å². The van der Waals surface area contributed by atoms with Gasteiger partial charge in [0.15, 0.2) is 5.78 Å². The van der Waals surface area contributed by atoms with Gasteiger partial charge in [-0.25, -0.2) is 0 Å². The van der Waals surface area contributed by atoms with Crippen LogP contribution in [0.1, 0.15) is 27.0 Å². The standard InChI is InChI=1S/C20H15BrO/c21-19-12-8-16(9-13-19)14-15-6-10-18(11-7-15)20(22)17-4-2-1-3-5-17/h1-13H,14H2. The van der Waals surface area contributed by atoms with Crippen LogP contribution in [-0.4, -0.2) is 5.78 Å².